The van der Waals surface area contributed by atoms with Crippen LogP contribution >= 0.6 is 11.3 Å². The summed E-state index contributed by atoms with van der Waals surface area (Å²) in [5, 5.41) is 3.03. The van der Waals surface area contributed by atoms with E-state index < -0.39 is 21.7 Å². The monoisotopic (exact) mass is 385 g/mol. The maximum absolute atomic E-state index is 13.1. The van der Waals surface area contributed by atoms with Crippen LogP contribution in [0.15, 0.2) is 35.4 Å². The van der Waals surface area contributed by atoms with Crippen LogP contribution in [0, 0.1) is 12.7 Å². The number of nitrogens with zero attached hydrogens (tertiary/aromatic N) is 2. The number of carbonyl (C=O) groups excluding carboxylic acids is 1. The number of thiazole rings is 1. The molecular formula is C16H20FN3O3S2. The zero-order valence-electron chi connectivity index (χ0n) is 14.0. The molecule has 0 spiro atoms. The first-order valence-electron chi connectivity index (χ1n) is 7.81. The molecule has 1 aromatic heterocycles. The first-order chi connectivity index (χ1) is 11.8. The summed E-state index contributed by atoms with van der Waals surface area (Å²) in [6.45, 7) is 3.68. The molecular weight excluding hydrogens is 365 g/mol. The quantitative estimate of drug-likeness (QED) is 0.758. The van der Waals surface area contributed by atoms with E-state index >= 15 is 0 Å². The number of benzene rings is 1. The van der Waals surface area contributed by atoms with Gasteiger partial charge in [-0.3, -0.25) is 4.79 Å². The molecule has 9 heteroatoms. The molecule has 1 N–H and O–H groups in total. The Morgan fingerprint density at radius 3 is 2.56 bits per heavy atom. The first-order valence-corrected chi connectivity index (χ1v) is 10.1. The van der Waals surface area contributed by atoms with Crippen molar-refractivity contribution >= 4 is 32.4 Å². The van der Waals surface area contributed by atoms with Crippen LogP contribution in [0.25, 0.3) is 0 Å². The number of rotatable bonds is 8. The van der Waals surface area contributed by atoms with E-state index in [-0.39, 0.29) is 18.0 Å². The van der Waals surface area contributed by atoms with Crippen LogP contribution < -0.4 is 5.32 Å². The van der Waals surface area contributed by atoms with E-state index in [1.807, 2.05) is 13.8 Å². The third-order valence-corrected chi connectivity index (χ3v) is 6.09. The minimum absolute atomic E-state index is 0.0390. The second-order valence-electron chi connectivity index (χ2n) is 5.47. The summed E-state index contributed by atoms with van der Waals surface area (Å²) in [4.78, 5) is 17.2. The van der Waals surface area contributed by atoms with Crippen LogP contribution in [0.3, 0.4) is 0 Å². The number of carbonyl (C=O) groups is 1. The normalized spacial score (nSPS) is 11.7. The minimum Gasteiger partial charge on any atom is -0.301 e. The van der Waals surface area contributed by atoms with Gasteiger partial charge in [-0.15, -0.1) is 11.3 Å². The summed E-state index contributed by atoms with van der Waals surface area (Å²) in [6, 6.07) is 4.57. The molecule has 1 amide bonds. The Hall–Kier alpha value is -1.84. The number of sulfonamides is 1. The van der Waals surface area contributed by atoms with Crippen molar-refractivity contribution in [1.29, 1.82) is 0 Å². The first kappa shape index (κ1) is 19.5. The predicted molar refractivity (Wildman–Crippen MR) is 95.5 cm³/mol. The molecule has 1 aromatic carbocycles. The van der Waals surface area contributed by atoms with Gasteiger partial charge in [-0.1, -0.05) is 13.3 Å². The number of hydrogen-bond acceptors (Lipinski definition) is 5. The number of unbranched alkanes of at least 4 members (excludes halogenated alkanes) is 1. The second-order valence-corrected chi connectivity index (χ2v) is 8.64. The third-order valence-electron chi connectivity index (χ3n) is 3.40. The molecule has 0 saturated heterocycles. The van der Waals surface area contributed by atoms with E-state index in [1.165, 1.54) is 23.5 Å². The van der Waals surface area contributed by atoms with Crippen molar-refractivity contribution in [1.82, 2.24) is 9.29 Å². The Morgan fingerprint density at radius 2 is 2.00 bits per heavy atom. The minimum atomic E-state index is -3.88. The van der Waals surface area contributed by atoms with Crippen molar-refractivity contribution in [2.24, 2.45) is 0 Å². The van der Waals surface area contributed by atoms with Gasteiger partial charge in [0.15, 0.2) is 5.13 Å². The molecule has 0 aliphatic rings. The lowest BCUT2D eigenvalue weighted by Gasteiger charge is -2.21. The fourth-order valence-electron chi connectivity index (χ4n) is 2.11. The van der Waals surface area contributed by atoms with E-state index in [4.69, 9.17) is 0 Å². The molecule has 0 aliphatic carbocycles. The van der Waals surface area contributed by atoms with E-state index in [0.717, 1.165) is 27.7 Å². The van der Waals surface area contributed by atoms with Crippen LogP contribution in [0.5, 0.6) is 0 Å². The zero-order chi connectivity index (χ0) is 18.4. The number of hydrogen-bond donors (Lipinski definition) is 1. The largest absolute Gasteiger partial charge is 0.301 e. The zero-order valence-corrected chi connectivity index (χ0v) is 15.7. The number of nitrogens with one attached hydrogen (secondary N) is 1. The smallest absolute Gasteiger partial charge is 0.243 e. The van der Waals surface area contributed by atoms with Crippen molar-refractivity contribution in [3.8, 4) is 0 Å². The van der Waals surface area contributed by atoms with Gasteiger partial charge in [-0.2, -0.15) is 4.31 Å². The van der Waals surface area contributed by atoms with Gasteiger partial charge in [-0.25, -0.2) is 17.8 Å². The molecule has 0 unspecified atom stereocenters. The molecule has 136 valence electrons. The van der Waals surface area contributed by atoms with Crippen LogP contribution in [0.4, 0.5) is 9.52 Å². The number of amides is 1. The lowest BCUT2D eigenvalue weighted by Crippen LogP contribution is -2.38. The van der Waals surface area contributed by atoms with Crippen molar-refractivity contribution in [2.75, 3.05) is 18.4 Å². The average molecular weight is 385 g/mol. The molecule has 25 heavy (non-hydrogen) atoms. The Labute approximate surface area is 150 Å². The SMILES string of the molecule is CCCCN(CC(=O)Nc1ncc(C)s1)S(=O)(=O)c1ccc(F)cc1. The average Bonchev–Trinajstić information content (AvgIpc) is 2.96. The van der Waals surface area contributed by atoms with Crippen LogP contribution in [0.2, 0.25) is 0 Å². The van der Waals surface area contributed by atoms with E-state index in [2.05, 4.69) is 10.3 Å². The van der Waals surface area contributed by atoms with Crippen molar-refractivity contribution in [2.45, 2.75) is 31.6 Å². The fourth-order valence-corrected chi connectivity index (χ4v) is 4.22. The predicted octanol–water partition coefficient (Wildman–Crippen LogP) is 3.02. The molecule has 0 fully saturated rings. The van der Waals surface area contributed by atoms with E-state index in [9.17, 15) is 17.6 Å². The van der Waals surface area contributed by atoms with Gasteiger partial charge in [0.05, 0.1) is 11.4 Å². The Morgan fingerprint density at radius 1 is 1.32 bits per heavy atom. The lowest BCUT2D eigenvalue weighted by atomic mass is 10.3. The van der Waals surface area contributed by atoms with E-state index in [1.54, 1.807) is 6.20 Å². The summed E-state index contributed by atoms with van der Waals surface area (Å²) in [6.07, 6.45) is 3.02. The van der Waals surface area contributed by atoms with Gasteiger partial charge in [0.2, 0.25) is 15.9 Å². The number of anilines is 1. The molecule has 0 bridgehead atoms. The third kappa shape index (κ3) is 5.32. The molecule has 6 nitrogen and oxygen atoms in total. The summed E-state index contributed by atoms with van der Waals surface area (Å²) < 4.78 is 39.7. The van der Waals surface area contributed by atoms with E-state index in [0.29, 0.717) is 11.6 Å². The van der Waals surface area contributed by atoms with Crippen molar-refractivity contribution in [3.63, 3.8) is 0 Å². The Bertz CT molecular complexity index is 819. The van der Waals surface area contributed by atoms with Crippen LogP contribution in [-0.2, 0) is 14.8 Å². The molecule has 0 saturated carbocycles. The van der Waals surface area contributed by atoms with Gasteiger partial charge in [0.1, 0.15) is 5.82 Å². The van der Waals surface area contributed by atoms with Crippen LogP contribution in [-0.4, -0.2) is 36.7 Å². The summed E-state index contributed by atoms with van der Waals surface area (Å²) in [5.74, 6) is -0.980. The lowest BCUT2D eigenvalue weighted by molar-refractivity contribution is -0.116. The molecule has 1 heterocycles. The van der Waals surface area contributed by atoms with Gasteiger partial charge < -0.3 is 5.32 Å². The van der Waals surface area contributed by atoms with Gasteiger partial charge >= 0.3 is 0 Å². The maximum Gasteiger partial charge on any atom is 0.243 e. The fraction of sp³-hybridized carbons (Fsp3) is 0.375. The van der Waals surface area contributed by atoms with Crippen molar-refractivity contribution in [3.05, 3.63) is 41.2 Å². The van der Waals surface area contributed by atoms with Gasteiger partial charge in [0.25, 0.3) is 0 Å². The molecule has 0 atom stereocenters. The van der Waals surface area contributed by atoms with Crippen molar-refractivity contribution < 1.29 is 17.6 Å². The van der Waals surface area contributed by atoms with Crippen LogP contribution in [0.1, 0.15) is 24.6 Å². The Kier molecular flexibility index (Phi) is 6.63. The topological polar surface area (TPSA) is 79.4 Å². The standard InChI is InChI=1S/C16H20FN3O3S2/c1-3-4-9-20(11-15(21)19-16-18-10-12(2)24-16)25(22,23)14-7-5-13(17)6-8-14/h5-8,10H,3-4,9,11H2,1-2H3,(H,18,19,21). The molecule has 2 aromatic rings. The number of aryl methyl sites for hydroxylation is 1. The number of halogens is 1. The molecule has 0 aliphatic heterocycles. The van der Waals surface area contributed by atoms with Gasteiger partial charge in [0, 0.05) is 17.6 Å². The summed E-state index contributed by atoms with van der Waals surface area (Å²) in [5.41, 5.74) is 0. The number of aromatic nitrogens is 1. The summed E-state index contributed by atoms with van der Waals surface area (Å²) in [7, 11) is -3.88. The second kappa shape index (κ2) is 8.50. The molecule has 0 radical (unpaired) electrons. The molecule has 2 rings (SSSR count). The summed E-state index contributed by atoms with van der Waals surface area (Å²) >= 11 is 1.31. The highest BCUT2D eigenvalue weighted by Crippen LogP contribution is 2.19. The Balaban J connectivity index is 2.16. The highest BCUT2D eigenvalue weighted by atomic mass is 32.2. The van der Waals surface area contributed by atoms with Gasteiger partial charge in [-0.05, 0) is 37.6 Å². The highest BCUT2D eigenvalue weighted by molar-refractivity contribution is 7.89. The maximum atomic E-state index is 13.1. The highest BCUT2D eigenvalue weighted by Gasteiger charge is 2.26.